The highest BCUT2D eigenvalue weighted by Gasteiger charge is 2.27. The van der Waals surface area contributed by atoms with Crippen LogP contribution in [0.4, 0.5) is 18.3 Å². The second kappa shape index (κ2) is 5.85. The van der Waals surface area contributed by atoms with E-state index in [1.807, 2.05) is 0 Å². The van der Waals surface area contributed by atoms with Gasteiger partial charge in [0.05, 0.1) is 18.7 Å². The second-order valence-corrected chi connectivity index (χ2v) is 3.95. The van der Waals surface area contributed by atoms with Crippen LogP contribution in [-0.2, 0) is 16.0 Å². The van der Waals surface area contributed by atoms with Gasteiger partial charge in [0.1, 0.15) is 6.54 Å². The molecule has 1 N–H and O–H groups in total. The number of carbonyl (C=O) groups is 1. The minimum atomic E-state index is -4.28. The van der Waals surface area contributed by atoms with Crippen molar-refractivity contribution in [2.75, 3.05) is 18.5 Å². The molecule has 4 nitrogen and oxygen atoms in total. The summed E-state index contributed by atoms with van der Waals surface area (Å²) in [5.74, 6) is -0.444. The zero-order chi connectivity index (χ0) is 12.9. The van der Waals surface area contributed by atoms with Gasteiger partial charge in [-0.1, -0.05) is 0 Å². The first-order valence-electron chi connectivity index (χ1n) is 4.81. The van der Waals surface area contributed by atoms with Crippen LogP contribution in [-0.4, -0.2) is 30.3 Å². The fraction of sp³-hybridized carbons (Fsp3) is 0.556. The first-order chi connectivity index (χ1) is 7.90. The number of nitrogens with zero attached hydrogens (tertiary/aromatic N) is 1. The van der Waals surface area contributed by atoms with E-state index in [0.717, 1.165) is 11.3 Å². The summed E-state index contributed by atoms with van der Waals surface area (Å²) in [6.07, 6.45) is -4.31. The zero-order valence-electron chi connectivity index (χ0n) is 9.00. The Morgan fingerprint density at radius 1 is 1.59 bits per heavy atom. The number of aromatic nitrogens is 1. The lowest BCUT2D eigenvalue weighted by molar-refractivity contribution is -0.142. The average Bonchev–Trinajstić information content (AvgIpc) is 2.62. The van der Waals surface area contributed by atoms with Gasteiger partial charge in [-0.3, -0.25) is 4.79 Å². The second-order valence-electron chi connectivity index (χ2n) is 3.09. The van der Waals surface area contributed by atoms with Crippen molar-refractivity contribution < 1.29 is 22.7 Å². The summed E-state index contributed by atoms with van der Waals surface area (Å²) in [4.78, 5) is 14.9. The smallest absolute Gasteiger partial charge is 0.405 e. The maximum atomic E-state index is 11.9. The first-order valence-corrected chi connectivity index (χ1v) is 5.69. The SMILES string of the molecule is CCOC(=O)Cc1csc(NCC(F)(F)F)n1. The molecule has 0 aliphatic carbocycles. The van der Waals surface area contributed by atoms with E-state index >= 15 is 0 Å². The van der Waals surface area contributed by atoms with Crippen LogP contribution in [0.25, 0.3) is 0 Å². The lowest BCUT2D eigenvalue weighted by Gasteiger charge is -2.05. The molecule has 0 spiro atoms. The lowest BCUT2D eigenvalue weighted by Crippen LogP contribution is -2.21. The minimum Gasteiger partial charge on any atom is -0.466 e. The highest BCUT2D eigenvalue weighted by molar-refractivity contribution is 7.13. The monoisotopic (exact) mass is 268 g/mol. The molecule has 0 aliphatic rings. The van der Waals surface area contributed by atoms with E-state index in [1.165, 1.54) is 5.38 Å². The molecule has 0 bridgehead atoms. The van der Waals surface area contributed by atoms with Gasteiger partial charge < -0.3 is 10.1 Å². The number of esters is 1. The molecule has 1 rings (SSSR count). The average molecular weight is 268 g/mol. The largest absolute Gasteiger partial charge is 0.466 e. The van der Waals surface area contributed by atoms with Crippen molar-refractivity contribution in [3.8, 4) is 0 Å². The van der Waals surface area contributed by atoms with E-state index in [-0.39, 0.29) is 18.2 Å². The maximum absolute atomic E-state index is 11.9. The summed E-state index contributed by atoms with van der Waals surface area (Å²) in [5, 5.41) is 3.80. The summed E-state index contributed by atoms with van der Waals surface area (Å²) in [5.41, 5.74) is 0.401. The molecule has 1 heterocycles. The molecule has 17 heavy (non-hydrogen) atoms. The number of alkyl halides is 3. The molecule has 0 aliphatic heterocycles. The molecule has 0 fully saturated rings. The molecule has 0 aromatic carbocycles. The number of halogens is 3. The minimum absolute atomic E-state index is 0.0297. The Morgan fingerprint density at radius 2 is 2.29 bits per heavy atom. The summed E-state index contributed by atoms with van der Waals surface area (Å²) in [6, 6.07) is 0. The van der Waals surface area contributed by atoms with Crippen molar-refractivity contribution in [1.29, 1.82) is 0 Å². The molecule has 1 aromatic heterocycles. The van der Waals surface area contributed by atoms with Gasteiger partial charge >= 0.3 is 12.1 Å². The van der Waals surface area contributed by atoms with Crippen LogP contribution in [0.15, 0.2) is 5.38 Å². The number of nitrogens with one attached hydrogen (secondary N) is 1. The van der Waals surface area contributed by atoms with Gasteiger partial charge in [-0.2, -0.15) is 13.2 Å². The highest BCUT2D eigenvalue weighted by atomic mass is 32.1. The standard InChI is InChI=1S/C9H11F3N2O2S/c1-2-16-7(15)3-6-4-17-8(14-6)13-5-9(10,11)12/h4H,2-3,5H2,1H3,(H,13,14). The third kappa shape index (κ3) is 5.53. The maximum Gasteiger partial charge on any atom is 0.405 e. The number of hydrogen-bond acceptors (Lipinski definition) is 5. The van der Waals surface area contributed by atoms with Crippen LogP contribution in [0.5, 0.6) is 0 Å². The van der Waals surface area contributed by atoms with Crippen LogP contribution in [0, 0.1) is 0 Å². The van der Waals surface area contributed by atoms with Crippen molar-refractivity contribution in [3.05, 3.63) is 11.1 Å². The summed E-state index contributed by atoms with van der Waals surface area (Å²) in [7, 11) is 0. The van der Waals surface area contributed by atoms with Crippen LogP contribution in [0.3, 0.4) is 0 Å². The predicted molar refractivity (Wildman–Crippen MR) is 57.0 cm³/mol. The third-order valence-corrected chi connectivity index (χ3v) is 2.47. The van der Waals surface area contributed by atoms with Crippen molar-refractivity contribution >= 4 is 22.4 Å². The number of ether oxygens (including phenoxy) is 1. The van der Waals surface area contributed by atoms with Crippen molar-refractivity contribution in [2.24, 2.45) is 0 Å². The van der Waals surface area contributed by atoms with E-state index in [4.69, 9.17) is 4.74 Å². The Balaban J connectivity index is 2.45. The molecule has 0 radical (unpaired) electrons. The summed E-state index contributed by atoms with van der Waals surface area (Å²) < 4.78 is 40.4. The van der Waals surface area contributed by atoms with Gasteiger partial charge in [0.15, 0.2) is 5.13 Å². The van der Waals surface area contributed by atoms with Crippen LogP contribution < -0.4 is 5.32 Å². The molecule has 0 saturated carbocycles. The van der Waals surface area contributed by atoms with Crippen molar-refractivity contribution in [1.82, 2.24) is 4.98 Å². The molecule has 96 valence electrons. The number of anilines is 1. The van der Waals surface area contributed by atoms with Gasteiger partial charge in [0, 0.05) is 5.38 Å². The van der Waals surface area contributed by atoms with Gasteiger partial charge in [0.2, 0.25) is 0 Å². The fourth-order valence-corrected chi connectivity index (χ4v) is 1.71. The third-order valence-electron chi connectivity index (χ3n) is 1.62. The number of rotatable bonds is 5. The molecule has 1 aromatic rings. The van der Waals surface area contributed by atoms with Crippen molar-refractivity contribution in [2.45, 2.75) is 19.5 Å². The first kappa shape index (κ1) is 13.8. The summed E-state index contributed by atoms with van der Waals surface area (Å²) in [6.45, 7) is 0.802. The Hall–Kier alpha value is -1.31. The number of hydrogen-bond donors (Lipinski definition) is 1. The molecule has 8 heteroatoms. The predicted octanol–water partition coefficient (Wildman–Crippen LogP) is 2.22. The molecule has 0 saturated heterocycles. The highest BCUT2D eigenvalue weighted by Crippen LogP contribution is 2.20. The van der Waals surface area contributed by atoms with E-state index < -0.39 is 18.7 Å². The van der Waals surface area contributed by atoms with E-state index in [2.05, 4.69) is 10.3 Å². The Kier molecular flexibility index (Phi) is 4.73. The topological polar surface area (TPSA) is 51.2 Å². The van der Waals surface area contributed by atoms with E-state index in [9.17, 15) is 18.0 Å². The normalized spacial score (nSPS) is 11.3. The molecular formula is C9H11F3N2O2S. The molecule has 0 atom stereocenters. The van der Waals surface area contributed by atoms with Gasteiger partial charge in [-0.05, 0) is 6.92 Å². The van der Waals surface area contributed by atoms with Crippen LogP contribution in [0.1, 0.15) is 12.6 Å². The Bertz CT molecular complexity index is 379. The Morgan fingerprint density at radius 3 is 2.88 bits per heavy atom. The number of carbonyl (C=O) groups excluding carboxylic acids is 1. The quantitative estimate of drug-likeness (QED) is 0.832. The van der Waals surface area contributed by atoms with Gasteiger partial charge in [-0.25, -0.2) is 4.98 Å². The van der Waals surface area contributed by atoms with E-state index in [0.29, 0.717) is 5.69 Å². The van der Waals surface area contributed by atoms with Gasteiger partial charge in [0.25, 0.3) is 0 Å². The molecule has 0 unspecified atom stereocenters. The number of thiazole rings is 1. The molecular weight excluding hydrogens is 257 g/mol. The summed E-state index contributed by atoms with van der Waals surface area (Å²) >= 11 is 1.02. The Labute approximate surface area is 99.8 Å². The van der Waals surface area contributed by atoms with Crippen molar-refractivity contribution in [3.63, 3.8) is 0 Å². The van der Waals surface area contributed by atoms with Gasteiger partial charge in [-0.15, -0.1) is 11.3 Å². The van der Waals surface area contributed by atoms with E-state index in [1.54, 1.807) is 6.92 Å². The zero-order valence-corrected chi connectivity index (χ0v) is 9.82. The molecule has 0 amide bonds. The van der Waals surface area contributed by atoms with Crippen LogP contribution in [0.2, 0.25) is 0 Å². The lowest BCUT2D eigenvalue weighted by atomic mass is 10.3. The fourth-order valence-electron chi connectivity index (χ4n) is 1.01. The van der Waals surface area contributed by atoms with Crippen LogP contribution >= 0.6 is 11.3 Å².